The first-order valence-electron chi connectivity index (χ1n) is 4.12. The molecule has 1 aliphatic carbocycles. The molecular weight excluding hydrogens is 140 g/mol. The molecule has 64 valence electrons. The predicted molar refractivity (Wildman–Crippen MR) is 43.1 cm³/mol. The largest absolute Gasteiger partial charge is 0.396 e. The van der Waals surface area contributed by atoms with Crippen molar-refractivity contribution in [3.63, 3.8) is 0 Å². The summed E-state index contributed by atoms with van der Waals surface area (Å²) in [6.07, 6.45) is 0.895. The molecule has 0 aromatic rings. The van der Waals surface area contributed by atoms with Gasteiger partial charge in [-0.15, -0.1) is 0 Å². The smallest absolute Gasteiger partial charge is 0.141 e. The Labute approximate surface area is 67.6 Å². The van der Waals surface area contributed by atoms with Crippen LogP contribution in [0.25, 0.3) is 0 Å². The fourth-order valence-corrected chi connectivity index (χ4v) is 1.33. The second-order valence-corrected chi connectivity index (χ2v) is 4.40. The lowest BCUT2D eigenvalue weighted by Crippen LogP contribution is -2.22. The Morgan fingerprint density at radius 1 is 1.55 bits per heavy atom. The number of Topliss-reactive ketones (excluding diaryl/α,β-unsaturated/α-hetero) is 1. The average Bonchev–Trinajstić information content (AvgIpc) is 2.62. The van der Waals surface area contributed by atoms with Gasteiger partial charge in [-0.2, -0.15) is 0 Å². The van der Waals surface area contributed by atoms with Crippen molar-refractivity contribution in [2.24, 2.45) is 17.3 Å². The summed E-state index contributed by atoms with van der Waals surface area (Å²) in [7, 11) is 0. The van der Waals surface area contributed by atoms with Gasteiger partial charge in [-0.05, 0) is 12.3 Å². The Morgan fingerprint density at radius 3 is 2.36 bits per heavy atom. The number of aliphatic hydroxyl groups is 1. The van der Waals surface area contributed by atoms with E-state index in [2.05, 4.69) is 0 Å². The molecule has 2 heteroatoms. The van der Waals surface area contributed by atoms with Crippen molar-refractivity contribution < 1.29 is 9.90 Å². The standard InChI is InChI=1S/C9H16O2/c1-9(2,3)8(11)7-4-6(7)5-10/h6-7,10H,4-5H2,1-3H3/t6-,7+/m0/s1. The molecule has 0 heterocycles. The summed E-state index contributed by atoms with van der Waals surface area (Å²) in [5, 5.41) is 8.74. The Hall–Kier alpha value is -0.370. The van der Waals surface area contributed by atoms with E-state index in [0.717, 1.165) is 6.42 Å². The average molecular weight is 156 g/mol. The molecule has 1 saturated carbocycles. The number of rotatable bonds is 2. The second kappa shape index (κ2) is 2.59. The zero-order valence-electron chi connectivity index (χ0n) is 7.42. The fraction of sp³-hybridized carbons (Fsp3) is 0.889. The molecule has 0 amide bonds. The van der Waals surface area contributed by atoms with Crippen LogP contribution in [-0.2, 0) is 4.79 Å². The molecule has 0 aliphatic heterocycles. The third kappa shape index (κ3) is 1.80. The highest BCUT2D eigenvalue weighted by molar-refractivity contribution is 5.88. The number of hydrogen-bond acceptors (Lipinski definition) is 2. The molecule has 0 radical (unpaired) electrons. The zero-order chi connectivity index (χ0) is 8.65. The molecule has 11 heavy (non-hydrogen) atoms. The monoisotopic (exact) mass is 156 g/mol. The maximum Gasteiger partial charge on any atom is 0.141 e. The van der Waals surface area contributed by atoms with Crippen molar-refractivity contribution in [2.75, 3.05) is 6.61 Å². The molecule has 1 rings (SSSR count). The van der Waals surface area contributed by atoms with Gasteiger partial charge < -0.3 is 5.11 Å². The van der Waals surface area contributed by atoms with Crippen LogP contribution < -0.4 is 0 Å². The van der Waals surface area contributed by atoms with Crippen LogP contribution in [-0.4, -0.2) is 17.5 Å². The molecule has 1 aliphatic rings. The van der Waals surface area contributed by atoms with Crippen molar-refractivity contribution >= 4 is 5.78 Å². The Kier molecular flexibility index (Phi) is 2.06. The van der Waals surface area contributed by atoms with Crippen LogP contribution in [0.5, 0.6) is 0 Å². The first-order chi connectivity index (χ1) is 4.96. The minimum atomic E-state index is -0.228. The van der Waals surface area contributed by atoms with Crippen LogP contribution in [0.2, 0.25) is 0 Å². The van der Waals surface area contributed by atoms with Gasteiger partial charge in [0.25, 0.3) is 0 Å². The Balaban J connectivity index is 2.46. The maximum absolute atomic E-state index is 11.5. The molecule has 0 unspecified atom stereocenters. The molecular formula is C9H16O2. The van der Waals surface area contributed by atoms with E-state index in [1.807, 2.05) is 20.8 Å². The molecule has 0 spiro atoms. The van der Waals surface area contributed by atoms with Crippen molar-refractivity contribution in [3.05, 3.63) is 0 Å². The highest BCUT2D eigenvalue weighted by atomic mass is 16.3. The molecule has 0 bridgehead atoms. The molecule has 1 fully saturated rings. The lowest BCUT2D eigenvalue weighted by atomic mass is 9.87. The highest BCUT2D eigenvalue weighted by Gasteiger charge is 2.45. The third-order valence-electron chi connectivity index (χ3n) is 2.23. The number of hydrogen-bond donors (Lipinski definition) is 1. The number of carbonyl (C=O) groups excluding carboxylic acids is 1. The minimum Gasteiger partial charge on any atom is -0.396 e. The first kappa shape index (κ1) is 8.72. The van der Waals surface area contributed by atoms with Gasteiger partial charge in [-0.3, -0.25) is 4.79 Å². The van der Waals surface area contributed by atoms with E-state index in [1.165, 1.54) is 0 Å². The van der Waals surface area contributed by atoms with E-state index in [9.17, 15) is 4.79 Å². The van der Waals surface area contributed by atoms with Gasteiger partial charge in [0.05, 0.1) is 0 Å². The van der Waals surface area contributed by atoms with Gasteiger partial charge in [0, 0.05) is 17.9 Å². The van der Waals surface area contributed by atoms with Gasteiger partial charge in [-0.1, -0.05) is 20.8 Å². The van der Waals surface area contributed by atoms with Crippen molar-refractivity contribution in [2.45, 2.75) is 27.2 Å². The molecule has 0 aromatic heterocycles. The molecule has 0 saturated heterocycles. The highest BCUT2D eigenvalue weighted by Crippen LogP contribution is 2.42. The Bertz CT molecular complexity index is 167. The summed E-state index contributed by atoms with van der Waals surface area (Å²) in [6, 6.07) is 0. The van der Waals surface area contributed by atoms with Crippen LogP contribution in [0.1, 0.15) is 27.2 Å². The third-order valence-corrected chi connectivity index (χ3v) is 2.23. The fourth-order valence-electron chi connectivity index (χ4n) is 1.33. The van der Waals surface area contributed by atoms with Gasteiger partial charge in [0.1, 0.15) is 5.78 Å². The lowest BCUT2D eigenvalue weighted by Gasteiger charge is -2.15. The number of carbonyl (C=O) groups is 1. The van der Waals surface area contributed by atoms with Crippen LogP contribution in [0, 0.1) is 17.3 Å². The van der Waals surface area contributed by atoms with E-state index in [4.69, 9.17) is 5.11 Å². The zero-order valence-corrected chi connectivity index (χ0v) is 7.42. The Morgan fingerprint density at radius 2 is 2.09 bits per heavy atom. The van der Waals surface area contributed by atoms with Gasteiger partial charge in [0.2, 0.25) is 0 Å². The molecule has 2 atom stereocenters. The summed E-state index contributed by atoms with van der Waals surface area (Å²) in [6.45, 7) is 5.97. The second-order valence-electron chi connectivity index (χ2n) is 4.40. The number of ketones is 1. The minimum absolute atomic E-state index is 0.153. The van der Waals surface area contributed by atoms with Crippen molar-refractivity contribution in [3.8, 4) is 0 Å². The van der Waals surface area contributed by atoms with Crippen LogP contribution in [0.15, 0.2) is 0 Å². The normalized spacial score (nSPS) is 30.2. The lowest BCUT2D eigenvalue weighted by molar-refractivity contribution is -0.128. The van der Waals surface area contributed by atoms with E-state index < -0.39 is 0 Å². The van der Waals surface area contributed by atoms with Gasteiger partial charge >= 0.3 is 0 Å². The van der Waals surface area contributed by atoms with Crippen LogP contribution in [0.3, 0.4) is 0 Å². The maximum atomic E-state index is 11.5. The van der Waals surface area contributed by atoms with Gasteiger partial charge in [0.15, 0.2) is 0 Å². The van der Waals surface area contributed by atoms with Crippen molar-refractivity contribution in [1.29, 1.82) is 0 Å². The molecule has 1 N–H and O–H groups in total. The molecule has 0 aromatic carbocycles. The first-order valence-corrected chi connectivity index (χ1v) is 4.12. The summed E-state index contributed by atoms with van der Waals surface area (Å²) < 4.78 is 0. The summed E-state index contributed by atoms with van der Waals surface area (Å²) in [5.74, 6) is 0.721. The van der Waals surface area contributed by atoms with E-state index >= 15 is 0 Å². The van der Waals surface area contributed by atoms with Crippen LogP contribution in [0.4, 0.5) is 0 Å². The molecule has 2 nitrogen and oxygen atoms in total. The van der Waals surface area contributed by atoms with Gasteiger partial charge in [-0.25, -0.2) is 0 Å². The quantitative estimate of drug-likeness (QED) is 0.653. The topological polar surface area (TPSA) is 37.3 Å². The van der Waals surface area contributed by atoms with Crippen LogP contribution >= 0.6 is 0 Å². The van der Waals surface area contributed by atoms with E-state index in [0.29, 0.717) is 5.78 Å². The SMILES string of the molecule is CC(C)(C)C(=O)[C@@H]1C[C@H]1CO. The van der Waals surface area contributed by atoms with E-state index in [-0.39, 0.29) is 23.9 Å². The summed E-state index contributed by atoms with van der Waals surface area (Å²) in [4.78, 5) is 11.5. The predicted octanol–water partition coefficient (Wildman–Crippen LogP) is 1.23. The van der Waals surface area contributed by atoms with E-state index in [1.54, 1.807) is 0 Å². The summed E-state index contributed by atoms with van der Waals surface area (Å²) in [5.41, 5.74) is -0.228. The summed E-state index contributed by atoms with van der Waals surface area (Å²) >= 11 is 0. The van der Waals surface area contributed by atoms with Crippen molar-refractivity contribution in [1.82, 2.24) is 0 Å². The number of aliphatic hydroxyl groups excluding tert-OH is 1.